The van der Waals surface area contributed by atoms with E-state index in [1.807, 2.05) is 0 Å². The van der Waals surface area contributed by atoms with Crippen LogP contribution in [0.3, 0.4) is 0 Å². The molecule has 2 saturated heterocycles. The third-order valence-corrected chi connectivity index (χ3v) is 10.5. The third-order valence-electron chi connectivity index (χ3n) is 10.5. The van der Waals surface area contributed by atoms with Gasteiger partial charge in [-0.3, -0.25) is 4.79 Å². The summed E-state index contributed by atoms with van der Waals surface area (Å²) >= 11 is 0. The second-order valence-electron chi connectivity index (χ2n) is 12.6. The Morgan fingerprint density at radius 3 is 2.76 bits per heavy atom. The van der Waals surface area contributed by atoms with Crippen molar-refractivity contribution in [1.82, 2.24) is 10.3 Å². The molecule has 4 aliphatic rings. The molecule has 6 rings (SSSR count). The van der Waals surface area contributed by atoms with Crippen molar-refractivity contribution in [3.05, 3.63) is 59.1 Å². The van der Waals surface area contributed by atoms with Crippen LogP contribution in [-0.4, -0.2) is 42.7 Å². The van der Waals surface area contributed by atoms with Crippen LogP contribution in [0.5, 0.6) is 0 Å². The predicted molar refractivity (Wildman–Crippen MR) is 152 cm³/mol. The molecule has 1 aromatic carbocycles. The number of benzene rings is 1. The number of carbonyl (C=O) groups excluding carboxylic acids is 2. The fraction of sp³-hybridized carbons (Fsp3) is 0.606. The SMILES string of the molecule is COC(=O)C=Cc1ccc(F)cc1CC1C2(C)C3CCC(O3)C12c1nc(C(=O)NCCCCC2CCCCC2)co1. The summed E-state index contributed by atoms with van der Waals surface area (Å²) in [5.41, 5.74) is 1.17. The number of ether oxygens (including phenoxy) is 2. The van der Waals surface area contributed by atoms with Crippen LogP contribution in [0, 0.1) is 23.1 Å². The molecule has 1 N–H and O–H groups in total. The van der Waals surface area contributed by atoms with Crippen LogP contribution in [-0.2, 0) is 26.1 Å². The molecule has 41 heavy (non-hydrogen) atoms. The number of carbonyl (C=O) groups is 2. The topological polar surface area (TPSA) is 90.7 Å². The quantitative estimate of drug-likeness (QED) is 0.200. The van der Waals surface area contributed by atoms with Gasteiger partial charge in [0.2, 0.25) is 5.89 Å². The number of oxazole rings is 1. The van der Waals surface area contributed by atoms with Crippen LogP contribution in [0.2, 0.25) is 0 Å². The number of aromatic nitrogens is 1. The maximum absolute atomic E-state index is 14.4. The lowest BCUT2D eigenvalue weighted by Crippen LogP contribution is -2.30. The number of amides is 1. The Morgan fingerprint density at radius 1 is 1.15 bits per heavy atom. The van der Waals surface area contributed by atoms with Crippen LogP contribution in [0.25, 0.3) is 6.08 Å². The molecule has 2 bridgehead atoms. The van der Waals surface area contributed by atoms with Gasteiger partial charge < -0.3 is 19.2 Å². The number of methoxy groups -OCH3 is 1. The van der Waals surface area contributed by atoms with Gasteiger partial charge in [-0.1, -0.05) is 57.9 Å². The normalized spacial score (nSPS) is 30.5. The molecule has 4 fully saturated rings. The lowest BCUT2D eigenvalue weighted by molar-refractivity contribution is -0.134. The second kappa shape index (κ2) is 11.3. The van der Waals surface area contributed by atoms with Crippen LogP contribution in [0.4, 0.5) is 4.39 Å². The Hall–Kier alpha value is -3.00. The van der Waals surface area contributed by atoms with E-state index in [4.69, 9.17) is 18.9 Å². The summed E-state index contributed by atoms with van der Waals surface area (Å²) in [6, 6.07) is 4.62. The largest absolute Gasteiger partial charge is 0.466 e. The first-order chi connectivity index (χ1) is 19.9. The van der Waals surface area contributed by atoms with Crippen LogP contribution >= 0.6 is 0 Å². The summed E-state index contributed by atoms with van der Waals surface area (Å²) in [6.45, 7) is 2.84. The lowest BCUT2D eigenvalue weighted by atomic mass is 9.80. The maximum Gasteiger partial charge on any atom is 0.330 e. The van der Waals surface area contributed by atoms with E-state index in [0.29, 0.717) is 24.6 Å². The first-order valence-corrected chi connectivity index (χ1v) is 15.3. The molecule has 220 valence electrons. The van der Waals surface area contributed by atoms with Crippen molar-refractivity contribution in [2.45, 2.75) is 95.2 Å². The zero-order chi connectivity index (χ0) is 28.6. The number of esters is 1. The van der Waals surface area contributed by atoms with Crippen molar-refractivity contribution in [3.63, 3.8) is 0 Å². The van der Waals surface area contributed by atoms with E-state index in [1.54, 1.807) is 12.1 Å². The summed E-state index contributed by atoms with van der Waals surface area (Å²) in [4.78, 5) is 29.4. The summed E-state index contributed by atoms with van der Waals surface area (Å²) in [5.74, 6) is 0.498. The average molecular weight is 565 g/mol. The highest BCUT2D eigenvalue weighted by Crippen LogP contribution is 2.81. The van der Waals surface area contributed by atoms with Gasteiger partial charge in [0.25, 0.3) is 5.91 Å². The molecular formula is C33H41FN2O5. The van der Waals surface area contributed by atoms with Crippen molar-refractivity contribution in [3.8, 4) is 0 Å². The van der Waals surface area contributed by atoms with Crippen molar-refractivity contribution < 1.29 is 27.9 Å². The Labute approximate surface area is 241 Å². The van der Waals surface area contributed by atoms with Gasteiger partial charge >= 0.3 is 5.97 Å². The number of rotatable bonds is 11. The second-order valence-corrected chi connectivity index (χ2v) is 12.6. The number of hydrogen-bond donors (Lipinski definition) is 1. The van der Waals surface area contributed by atoms with Crippen molar-refractivity contribution >= 4 is 18.0 Å². The molecule has 2 aromatic rings. The summed E-state index contributed by atoms with van der Waals surface area (Å²) in [5, 5.41) is 3.02. The average Bonchev–Trinajstić information content (AvgIpc) is 3.49. The van der Waals surface area contributed by atoms with Gasteiger partial charge in [0.1, 0.15) is 12.1 Å². The summed E-state index contributed by atoms with van der Waals surface area (Å²) < 4.78 is 31.5. The van der Waals surface area contributed by atoms with E-state index in [9.17, 15) is 14.0 Å². The molecular weight excluding hydrogens is 523 g/mol. The monoisotopic (exact) mass is 564 g/mol. The lowest BCUT2D eigenvalue weighted by Gasteiger charge is -2.21. The molecule has 2 aliphatic carbocycles. The standard InChI is InChI=1S/C33H41FN2O5/c1-32-26(19-23-18-24(34)13-11-22(23)12-16-29(37)39-2)33(32,28-15-14-27(32)41-28)31-36-25(20-40-31)30(38)35-17-7-6-10-21-8-4-3-5-9-21/h11-13,16,18,20-21,26-28H,3-10,14-15,17,19H2,1-2H3,(H,35,38). The highest BCUT2D eigenvalue weighted by Gasteiger charge is 2.88. The molecule has 3 heterocycles. The zero-order valence-electron chi connectivity index (χ0n) is 24.1. The number of hydrogen-bond acceptors (Lipinski definition) is 6. The van der Waals surface area contributed by atoms with E-state index in [0.717, 1.165) is 42.7 Å². The molecule has 7 nitrogen and oxygen atoms in total. The molecule has 8 heteroatoms. The van der Waals surface area contributed by atoms with Crippen molar-refractivity contribution in [2.75, 3.05) is 13.7 Å². The number of unbranched alkanes of at least 4 members (excludes halogenated alkanes) is 1. The van der Waals surface area contributed by atoms with Gasteiger partial charge in [-0.15, -0.1) is 0 Å². The highest BCUT2D eigenvalue weighted by atomic mass is 19.1. The van der Waals surface area contributed by atoms with Gasteiger partial charge in [0, 0.05) is 18.0 Å². The first kappa shape index (κ1) is 28.1. The fourth-order valence-electron chi connectivity index (χ4n) is 8.39. The minimum Gasteiger partial charge on any atom is -0.466 e. The number of nitrogens with one attached hydrogen (secondary N) is 1. The number of fused-ring (bicyclic) bond motifs is 5. The number of nitrogens with zero attached hydrogens (tertiary/aromatic N) is 1. The molecule has 2 aliphatic heterocycles. The van der Waals surface area contributed by atoms with Gasteiger partial charge in [0.15, 0.2) is 5.69 Å². The van der Waals surface area contributed by atoms with E-state index in [1.165, 1.54) is 70.1 Å². The van der Waals surface area contributed by atoms with Gasteiger partial charge in [-0.05, 0) is 66.9 Å². The van der Waals surface area contributed by atoms with E-state index >= 15 is 0 Å². The van der Waals surface area contributed by atoms with Crippen LogP contribution in [0.15, 0.2) is 35.0 Å². The summed E-state index contributed by atoms with van der Waals surface area (Å²) in [6.07, 6.45) is 17.1. The minimum atomic E-state index is -0.468. The Kier molecular flexibility index (Phi) is 7.79. The predicted octanol–water partition coefficient (Wildman–Crippen LogP) is 6.16. The van der Waals surface area contributed by atoms with Gasteiger partial charge in [-0.25, -0.2) is 14.2 Å². The molecule has 5 unspecified atom stereocenters. The molecule has 2 saturated carbocycles. The van der Waals surface area contributed by atoms with E-state index in [2.05, 4.69) is 12.2 Å². The van der Waals surface area contributed by atoms with Gasteiger partial charge in [-0.2, -0.15) is 0 Å². The third kappa shape index (κ3) is 4.92. The van der Waals surface area contributed by atoms with Crippen molar-refractivity contribution in [2.24, 2.45) is 17.3 Å². The Balaban J connectivity index is 1.15. The number of halogens is 1. The van der Waals surface area contributed by atoms with Crippen molar-refractivity contribution in [1.29, 1.82) is 0 Å². The maximum atomic E-state index is 14.4. The molecule has 1 aromatic heterocycles. The molecule has 5 atom stereocenters. The zero-order valence-corrected chi connectivity index (χ0v) is 24.1. The minimum absolute atomic E-state index is 0.0560. The summed E-state index contributed by atoms with van der Waals surface area (Å²) in [7, 11) is 1.33. The first-order valence-electron chi connectivity index (χ1n) is 15.3. The van der Waals surface area contributed by atoms with Crippen LogP contribution < -0.4 is 5.32 Å². The fourth-order valence-corrected chi connectivity index (χ4v) is 8.39. The van der Waals surface area contributed by atoms with Gasteiger partial charge in [0.05, 0.1) is 24.7 Å². The van der Waals surface area contributed by atoms with E-state index < -0.39 is 11.4 Å². The molecule has 0 radical (unpaired) electrons. The Morgan fingerprint density at radius 2 is 1.95 bits per heavy atom. The highest BCUT2D eigenvalue weighted by molar-refractivity contribution is 5.92. The van der Waals surface area contributed by atoms with Crippen LogP contribution in [0.1, 0.15) is 98.6 Å². The Bertz CT molecular complexity index is 1320. The smallest absolute Gasteiger partial charge is 0.330 e. The molecule has 0 spiro atoms. The van der Waals surface area contributed by atoms with E-state index in [-0.39, 0.29) is 35.3 Å². The molecule has 1 amide bonds.